The van der Waals surface area contributed by atoms with Crippen molar-refractivity contribution >= 4 is 17.8 Å². The highest BCUT2D eigenvalue weighted by molar-refractivity contribution is 5.95. The van der Waals surface area contributed by atoms with Crippen LogP contribution in [0.25, 0.3) is 17.2 Å². The molecule has 1 aromatic heterocycles. The van der Waals surface area contributed by atoms with Crippen LogP contribution in [0.1, 0.15) is 21.5 Å². The lowest BCUT2D eigenvalue weighted by molar-refractivity contribution is 0.0951. The number of nitrogens with one attached hydrogen (secondary N) is 2. The summed E-state index contributed by atoms with van der Waals surface area (Å²) >= 11 is 0. The Hall–Kier alpha value is -3.47. The van der Waals surface area contributed by atoms with Gasteiger partial charge in [0.1, 0.15) is 11.6 Å². The number of nitrogens with zero attached hydrogens (tertiary/aromatic N) is 1. The third-order valence-corrected chi connectivity index (χ3v) is 4.26. The second-order valence-electron chi connectivity index (χ2n) is 5.96. The zero-order valence-corrected chi connectivity index (χ0v) is 15.0. The van der Waals surface area contributed by atoms with Gasteiger partial charge in [-0.3, -0.25) is 4.79 Å². The Morgan fingerprint density at radius 2 is 1.81 bits per heavy atom. The van der Waals surface area contributed by atoms with Crippen LogP contribution in [-0.2, 0) is 6.54 Å². The lowest BCUT2D eigenvalue weighted by Gasteiger charge is -2.11. The topological polar surface area (TPSA) is 54.0 Å². The largest absolute Gasteiger partial charge is 0.373 e. The van der Waals surface area contributed by atoms with Gasteiger partial charge >= 0.3 is 0 Å². The first kappa shape index (κ1) is 18.3. The molecule has 1 heterocycles. The molecule has 4 nitrogen and oxygen atoms in total. The molecule has 0 aliphatic heterocycles. The van der Waals surface area contributed by atoms with E-state index in [0.29, 0.717) is 12.1 Å². The fourth-order valence-corrected chi connectivity index (χ4v) is 2.82. The van der Waals surface area contributed by atoms with E-state index in [1.54, 1.807) is 36.5 Å². The number of carbonyl (C=O) groups is 1. The number of benzene rings is 2. The summed E-state index contributed by atoms with van der Waals surface area (Å²) in [6.07, 6.45) is 3.50. The highest BCUT2D eigenvalue weighted by Crippen LogP contribution is 2.28. The van der Waals surface area contributed by atoms with Crippen LogP contribution in [-0.4, -0.2) is 17.9 Å². The van der Waals surface area contributed by atoms with Gasteiger partial charge in [-0.25, -0.2) is 9.37 Å². The summed E-state index contributed by atoms with van der Waals surface area (Å²) in [4.78, 5) is 16.6. The maximum absolute atomic E-state index is 12.9. The maximum atomic E-state index is 12.9. The second-order valence-corrected chi connectivity index (χ2v) is 5.96. The number of carbonyl (C=O) groups excluding carboxylic acids is 1. The molecule has 0 saturated carbocycles. The average molecular weight is 361 g/mol. The van der Waals surface area contributed by atoms with Crippen molar-refractivity contribution in [2.75, 3.05) is 12.4 Å². The van der Waals surface area contributed by atoms with Gasteiger partial charge in [0, 0.05) is 30.9 Å². The van der Waals surface area contributed by atoms with Gasteiger partial charge in [0.15, 0.2) is 0 Å². The van der Waals surface area contributed by atoms with Crippen LogP contribution >= 0.6 is 0 Å². The van der Waals surface area contributed by atoms with Gasteiger partial charge in [-0.1, -0.05) is 36.9 Å². The lowest BCUT2D eigenvalue weighted by atomic mass is 9.99. The summed E-state index contributed by atoms with van der Waals surface area (Å²) in [5, 5.41) is 5.89. The summed E-state index contributed by atoms with van der Waals surface area (Å²) in [6, 6.07) is 15.3. The van der Waals surface area contributed by atoms with Crippen molar-refractivity contribution in [1.29, 1.82) is 0 Å². The van der Waals surface area contributed by atoms with Crippen LogP contribution in [0.5, 0.6) is 0 Å². The number of aromatic nitrogens is 1. The number of amides is 1. The second kappa shape index (κ2) is 8.27. The Labute approximate surface area is 157 Å². The molecular weight excluding hydrogens is 341 g/mol. The van der Waals surface area contributed by atoms with E-state index in [2.05, 4.69) is 22.2 Å². The Balaban J connectivity index is 1.74. The molecule has 2 N–H and O–H groups in total. The van der Waals surface area contributed by atoms with E-state index in [4.69, 9.17) is 0 Å². The van der Waals surface area contributed by atoms with Crippen molar-refractivity contribution in [1.82, 2.24) is 10.3 Å². The minimum Gasteiger partial charge on any atom is -0.373 e. The van der Waals surface area contributed by atoms with Crippen LogP contribution in [0, 0.1) is 5.82 Å². The summed E-state index contributed by atoms with van der Waals surface area (Å²) in [5.74, 6) is 0.279. The molecule has 0 bridgehead atoms. The van der Waals surface area contributed by atoms with Crippen molar-refractivity contribution in [2.45, 2.75) is 6.54 Å². The zero-order chi connectivity index (χ0) is 19.2. The summed E-state index contributed by atoms with van der Waals surface area (Å²) in [7, 11) is 1.81. The number of hydrogen-bond acceptors (Lipinski definition) is 3. The molecule has 0 unspecified atom stereocenters. The van der Waals surface area contributed by atoms with Gasteiger partial charge in [0.2, 0.25) is 0 Å². The monoisotopic (exact) mass is 361 g/mol. The van der Waals surface area contributed by atoms with E-state index < -0.39 is 0 Å². The normalized spacial score (nSPS) is 10.3. The summed E-state index contributed by atoms with van der Waals surface area (Å²) in [6.45, 7) is 4.21. The number of hydrogen-bond donors (Lipinski definition) is 2. The molecule has 0 radical (unpaired) electrons. The molecule has 0 saturated heterocycles. The molecule has 3 rings (SSSR count). The minimum atomic E-state index is -0.294. The Kier molecular flexibility index (Phi) is 5.61. The van der Waals surface area contributed by atoms with E-state index >= 15 is 0 Å². The van der Waals surface area contributed by atoms with Crippen molar-refractivity contribution in [3.05, 3.63) is 89.9 Å². The highest BCUT2D eigenvalue weighted by Gasteiger charge is 2.10. The van der Waals surface area contributed by atoms with Crippen molar-refractivity contribution in [3.8, 4) is 11.1 Å². The molecule has 0 fully saturated rings. The highest BCUT2D eigenvalue weighted by atomic mass is 19.1. The Morgan fingerprint density at radius 1 is 1.11 bits per heavy atom. The summed E-state index contributed by atoms with van der Waals surface area (Å²) in [5.41, 5.74) is 4.27. The first-order chi connectivity index (χ1) is 13.1. The Bertz CT molecular complexity index is 950. The third-order valence-electron chi connectivity index (χ3n) is 4.26. The van der Waals surface area contributed by atoms with E-state index in [0.717, 1.165) is 28.1 Å². The number of rotatable bonds is 6. The van der Waals surface area contributed by atoms with Gasteiger partial charge in [0.25, 0.3) is 5.91 Å². The van der Waals surface area contributed by atoms with Crippen LogP contribution in [0.2, 0.25) is 0 Å². The lowest BCUT2D eigenvalue weighted by Crippen LogP contribution is -2.22. The van der Waals surface area contributed by atoms with Crippen LogP contribution in [0.3, 0.4) is 0 Å². The number of pyridine rings is 1. The first-order valence-electron chi connectivity index (χ1n) is 8.54. The SMILES string of the molecule is C=Cc1c(-c2ccc(C(=O)NCc3ccc(F)cc3)cc2)ccnc1NC. The van der Waals surface area contributed by atoms with Gasteiger partial charge in [0.05, 0.1) is 0 Å². The van der Waals surface area contributed by atoms with Gasteiger partial charge in [-0.05, 0) is 47.0 Å². The maximum Gasteiger partial charge on any atom is 0.251 e. The zero-order valence-electron chi connectivity index (χ0n) is 15.0. The summed E-state index contributed by atoms with van der Waals surface area (Å²) < 4.78 is 12.9. The van der Waals surface area contributed by atoms with Gasteiger partial charge < -0.3 is 10.6 Å². The van der Waals surface area contributed by atoms with Crippen molar-refractivity contribution in [2.24, 2.45) is 0 Å². The number of anilines is 1. The smallest absolute Gasteiger partial charge is 0.251 e. The van der Waals surface area contributed by atoms with E-state index in [9.17, 15) is 9.18 Å². The predicted octanol–water partition coefficient (Wildman–Crippen LogP) is 4.50. The van der Waals surface area contributed by atoms with Crippen molar-refractivity contribution in [3.63, 3.8) is 0 Å². The third kappa shape index (κ3) is 4.20. The van der Waals surface area contributed by atoms with E-state index in [1.807, 2.05) is 25.2 Å². The molecule has 2 aromatic carbocycles. The van der Waals surface area contributed by atoms with E-state index in [-0.39, 0.29) is 11.7 Å². The van der Waals surface area contributed by atoms with Crippen molar-refractivity contribution < 1.29 is 9.18 Å². The van der Waals surface area contributed by atoms with Crippen LogP contribution in [0.4, 0.5) is 10.2 Å². The minimum absolute atomic E-state index is 0.180. The van der Waals surface area contributed by atoms with E-state index in [1.165, 1.54) is 12.1 Å². The van der Waals surface area contributed by atoms with Gasteiger partial charge in [-0.15, -0.1) is 0 Å². The molecule has 3 aromatic rings. The molecule has 0 aliphatic rings. The molecular formula is C22H20FN3O. The van der Waals surface area contributed by atoms with Gasteiger partial charge in [-0.2, -0.15) is 0 Å². The molecule has 27 heavy (non-hydrogen) atoms. The fraction of sp³-hybridized carbons (Fsp3) is 0.0909. The molecule has 5 heteroatoms. The van der Waals surface area contributed by atoms with Crippen LogP contribution in [0.15, 0.2) is 67.4 Å². The standard InChI is InChI=1S/C22H20FN3O/c1-3-19-20(12-13-25-21(19)24-2)16-6-8-17(9-7-16)22(27)26-14-15-4-10-18(23)11-5-15/h3-13H,1,14H2,2H3,(H,24,25)(H,26,27). The first-order valence-corrected chi connectivity index (χ1v) is 8.54. The molecule has 0 spiro atoms. The quantitative estimate of drug-likeness (QED) is 0.680. The molecule has 0 atom stereocenters. The average Bonchev–Trinajstić information content (AvgIpc) is 2.72. The molecule has 1 amide bonds. The fourth-order valence-electron chi connectivity index (χ4n) is 2.82. The molecule has 136 valence electrons. The molecule has 0 aliphatic carbocycles. The Morgan fingerprint density at radius 3 is 2.44 bits per heavy atom. The predicted molar refractivity (Wildman–Crippen MR) is 107 cm³/mol. The van der Waals surface area contributed by atoms with Crippen LogP contribution < -0.4 is 10.6 Å². The number of halogens is 1.